The molecule has 0 spiro atoms. The van der Waals surface area contributed by atoms with Crippen molar-refractivity contribution in [3.05, 3.63) is 0 Å². The molecule has 0 aromatic rings. The molecule has 0 saturated carbocycles. The zero-order chi connectivity index (χ0) is 13.5. The van der Waals surface area contributed by atoms with Crippen molar-refractivity contribution in [2.75, 3.05) is 32.0 Å². The molecule has 3 saturated heterocycles. The largest absolute Gasteiger partial charge is 0.377 e. The molecule has 0 amide bonds. The van der Waals surface area contributed by atoms with E-state index >= 15 is 0 Å². The van der Waals surface area contributed by atoms with Crippen LogP contribution in [0.1, 0.15) is 32.6 Å². The Morgan fingerprint density at radius 3 is 2.79 bits per heavy atom. The first-order valence-corrected chi connectivity index (χ1v) is 9.02. The summed E-state index contributed by atoms with van der Waals surface area (Å²) in [6, 6.07) is 0.538. The second kappa shape index (κ2) is 5.31. The lowest BCUT2D eigenvalue weighted by atomic mass is 10.1. The van der Waals surface area contributed by atoms with Crippen LogP contribution in [0.2, 0.25) is 0 Å². The second-order valence-electron chi connectivity index (χ2n) is 6.12. The van der Waals surface area contributed by atoms with Gasteiger partial charge in [-0.3, -0.25) is 4.90 Å². The van der Waals surface area contributed by atoms with Gasteiger partial charge in [0.2, 0.25) is 10.0 Å². The molecule has 0 unspecified atom stereocenters. The zero-order valence-electron chi connectivity index (χ0n) is 11.6. The van der Waals surface area contributed by atoms with Gasteiger partial charge in [0, 0.05) is 31.8 Å². The highest BCUT2D eigenvalue weighted by molar-refractivity contribution is 7.89. The maximum Gasteiger partial charge on any atom is 0.217 e. The molecule has 6 heteroatoms. The minimum atomic E-state index is -3.17. The number of rotatable bonds is 3. The van der Waals surface area contributed by atoms with Gasteiger partial charge in [0.15, 0.2) is 0 Å². The highest BCUT2D eigenvalue weighted by atomic mass is 32.2. The molecule has 0 aliphatic carbocycles. The van der Waals surface area contributed by atoms with Crippen LogP contribution in [-0.2, 0) is 14.8 Å². The van der Waals surface area contributed by atoms with Crippen molar-refractivity contribution in [3.63, 3.8) is 0 Å². The first-order chi connectivity index (χ1) is 9.06. The number of fused-ring (bicyclic) bond motifs is 1. The van der Waals surface area contributed by atoms with E-state index in [1.165, 1.54) is 6.42 Å². The summed E-state index contributed by atoms with van der Waals surface area (Å²) in [5.74, 6) is 0.171. The molecular formula is C13H24N2O3S. The van der Waals surface area contributed by atoms with Gasteiger partial charge in [-0.05, 0) is 39.2 Å². The Morgan fingerprint density at radius 2 is 2.05 bits per heavy atom. The third-order valence-electron chi connectivity index (χ3n) is 4.66. The van der Waals surface area contributed by atoms with Crippen molar-refractivity contribution in [1.82, 2.24) is 9.21 Å². The Labute approximate surface area is 115 Å². The number of ether oxygens (including phenoxy) is 1. The van der Waals surface area contributed by atoms with Gasteiger partial charge in [-0.2, -0.15) is 4.31 Å². The lowest BCUT2D eigenvalue weighted by Gasteiger charge is -2.41. The third kappa shape index (κ3) is 2.82. The fourth-order valence-electron chi connectivity index (χ4n) is 3.65. The fourth-order valence-corrected chi connectivity index (χ4v) is 5.59. The van der Waals surface area contributed by atoms with E-state index in [1.807, 2.05) is 6.92 Å². The molecule has 3 heterocycles. The summed E-state index contributed by atoms with van der Waals surface area (Å²) in [7, 11) is -3.17. The van der Waals surface area contributed by atoms with Crippen molar-refractivity contribution in [2.45, 2.75) is 50.8 Å². The van der Waals surface area contributed by atoms with E-state index in [2.05, 4.69) is 4.90 Å². The molecule has 3 aliphatic rings. The molecule has 0 aromatic heterocycles. The van der Waals surface area contributed by atoms with E-state index in [9.17, 15) is 8.42 Å². The Kier molecular flexibility index (Phi) is 3.86. The summed E-state index contributed by atoms with van der Waals surface area (Å²) in [6.45, 7) is 5.44. The minimum Gasteiger partial charge on any atom is -0.377 e. The molecule has 3 fully saturated rings. The van der Waals surface area contributed by atoms with Crippen LogP contribution in [0.5, 0.6) is 0 Å². The molecule has 3 aliphatic heterocycles. The number of sulfonamides is 1. The molecule has 5 nitrogen and oxygen atoms in total. The van der Waals surface area contributed by atoms with Crippen LogP contribution in [0.3, 0.4) is 0 Å². The van der Waals surface area contributed by atoms with Gasteiger partial charge in [0.25, 0.3) is 0 Å². The van der Waals surface area contributed by atoms with E-state index in [1.54, 1.807) is 4.31 Å². The summed E-state index contributed by atoms with van der Waals surface area (Å²) in [5, 5.41) is 0. The van der Waals surface area contributed by atoms with Gasteiger partial charge in [-0.25, -0.2) is 8.42 Å². The maximum absolute atomic E-state index is 12.6. The molecule has 110 valence electrons. The van der Waals surface area contributed by atoms with Gasteiger partial charge in [0.05, 0.1) is 11.9 Å². The first-order valence-electron chi connectivity index (χ1n) is 7.41. The van der Waals surface area contributed by atoms with Crippen LogP contribution in [0.4, 0.5) is 0 Å². The van der Waals surface area contributed by atoms with Gasteiger partial charge in [0.1, 0.15) is 0 Å². The third-order valence-corrected chi connectivity index (χ3v) is 6.67. The molecule has 19 heavy (non-hydrogen) atoms. The van der Waals surface area contributed by atoms with Crippen LogP contribution in [0.15, 0.2) is 0 Å². The van der Waals surface area contributed by atoms with Gasteiger partial charge < -0.3 is 4.74 Å². The predicted octanol–water partition coefficient (Wildman–Crippen LogP) is 0.664. The van der Waals surface area contributed by atoms with Gasteiger partial charge in [-0.15, -0.1) is 0 Å². The van der Waals surface area contributed by atoms with Crippen LogP contribution in [0, 0.1) is 0 Å². The monoisotopic (exact) mass is 288 g/mol. The Morgan fingerprint density at radius 1 is 1.21 bits per heavy atom. The Hall–Kier alpha value is -0.170. The van der Waals surface area contributed by atoms with E-state index in [-0.39, 0.29) is 17.9 Å². The molecule has 3 atom stereocenters. The smallest absolute Gasteiger partial charge is 0.217 e. The standard InChI is InChI=1S/C13H24N2O3S/c1-11-8-14-6-2-4-12(14)9-15(11)19(16,17)10-13-5-3-7-18-13/h11-13H,2-10H2,1H3/t11-,12+,13-/m1/s1. The summed E-state index contributed by atoms with van der Waals surface area (Å²) in [5.41, 5.74) is 0. The number of hydrogen-bond donors (Lipinski definition) is 0. The quantitative estimate of drug-likeness (QED) is 0.766. The summed E-state index contributed by atoms with van der Waals surface area (Å²) in [6.07, 6.45) is 4.14. The lowest BCUT2D eigenvalue weighted by Crippen LogP contribution is -2.57. The fraction of sp³-hybridized carbons (Fsp3) is 1.00. The minimum absolute atomic E-state index is 0.0844. The van der Waals surface area contributed by atoms with Crippen molar-refractivity contribution in [2.24, 2.45) is 0 Å². The van der Waals surface area contributed by atoms with Crippen molar-refractivity contribution in [3.8, 4) is 0 Å². The molecule has 0 N–H and O–H groups in total. The Balaban J connectivity index is 1.69. The summed E-state index contributed by atoms with van der Waals surface area (Å²) in [4.78, 5) is 2.45. The topological polar surface area (TPSA) is 49.9 Å². The molecule has 0 bridgehead atoms. The molecule has 3 rings (SSSR count). The van der Waals surface area contributed by atoms with Crippen LogP contribution in [-0.4, -0.2) is 67.8 Å². The molecular weight excluding hydrogens is 264 g/mol. The number of hydrogen-bond acceptors (Lipinski definition) is 4. The SMILES string of the molecule is C[C@@H]1CN2CCC[C@H]2CN1S(=O)(=O)C[C@H]1CCCO1. The maximum atomic E-state index is 12.6. The van der Waals surface area contributed by atoms with E-state index in [4.69, 9.17) is 4.74 Å². The number of piperazine rings is 1. The normalized spacial score (nSPS) is 37.6. The van der Waals surface area contributed by atoms with Crippen molar-refractivity contribution in [1.29, 1.82) is 0 Å². The highest BCUT2D eigenvalue weighted by Crippen LogP contribution is 2.27. The van der Waals surface area contributed by atoms with E-state index in [0.717, 1.165) is 32.4 Å². The van der Waals surface area contributed by atoms with Crippen molar-refractivity contribution >= 4 is 10.0 Å². The van der Waals surface area contributed by atoms with Gasteiger partial charge >= 0.3 is 0 Å². The molecule has 0 aromatic carbocycles. The van der Waals surface area contributed by atoms with Crippen molar-refractivity contribution < 1.29 is 13.2 Å². The lowest BCUT2D eigenvalue weighted by molar-refractivity contribution is 0.109. The van der Waals surface area contributed by atoms with Gasteiger partial charge in [-0.1, -0.05) is 0 Å². The summed E-state index contributed by atoms with van der Waals surface area (Å²) >= 11 is 0. The van der Waals surface area contributed by atoms with Crippen LogP contribution in [0.25, 0.3) is 0 Å². The first kappa shape index (κ1) is 13.8. The number of nitrogens with zero attached hydrogens (tertiary/aromatic N) is 2. The van der Waals surface area contributed by atoms with Crippen LogP contribution >= 0.6 is 0 Å². The average molecular weight is 288 g/mol. The van der Waals surface area contributed by atoms with E-state index < -0.39 is 10.0 Å². The predicted molar refractivity (Wildman–Crippen MR) is 73.5 cm³/mol. The second-order valence-corrected chi connectivity index (χ2v) is 8.09. The molecule has 0 radical (unpaired) electrons. The highest BCUT2D eigenvalue weighted by Gasteiger charge is 2.40. The zero-order valence-corrected chi connectivity index (χ0v) is 12.4. The Bertz CT molecular complexity index is 420. The summed E-state index contributed by atoms with van der Waals surface area (Å²) < 4.78 is 32.4. The average Bonchev–Trinajstić information content (AvgIpc) is 2.97. The van der Waals surface area contributed by atoms with E-state index in [0.29, 0.717) is 19.2 Å². The van der Waals surface area contributed by atoms with Crippen LogP contribution < -0.4 is 0 Å².